The lowest BCUT2D eigenvalue weighted by atomic mass is 9.90. The number of esters is 1. The third kappa shape index (κ3) is 5.91. The van der Waals surface area contributed by atoms with Crippen molar-refractivity contribution in [1.82, 2.24) is 15.1 Å². The van der Waals surface area contributed by atoms with E-state index in [2.05, 4.69) is 29.2 Å². The van der Waals surface area contributed by atoms with Gasteiger partial charge in [-0.05, 0) is 39.0 Å². The maximum atomic E-state index is 15.5. The number of ether oxygens (including phenoxy) is 2. The van der Waals surface area contributed by atoms with Gasteiger partial charge in [-0.15, -0.1) is 0 Å². The Kier molecular flexibility index (Phi) is 8.16. The van der Waals surface area contributed by atoms with E-state index in [1.54, 1.807) is 0 Å². The van der Waals surface area contributed by atoms with Gasteiger partial charge in [0.2, 0.25) is 11.3 Å². The number of benzene rings is 1. The van der Waals surface area contributed by atoms with Gasteiger partial charge >= 0.3 is 18.3 Å². The van der Waals surface area contributed by atoms with Crippen LogP contribution in [0.2, 0.25) is 0 Å². The second-order valence-electron chi connectivity index (χ2n) is 10.1. The molecule has 0 saturated heterocycles. The molecule has 0 bridgehead atoms. The molecular formula is C25H23F7N6O5S. The molecule has 11 nitrogen and oxygen atoms in total. The molecule has 0 fully saturated rings. The molecule has 1 aliphatic heterocycles. The van der Waals surface area contributed by atoms with E-state index in [9.17, 15) is 35.3 Å². The molecule has 3 aromatic rings. The summed E-state index contributed by atoms with van der Waals surface area (Å²) >= 11 is 0. The van der Waals surface area contributed by atoms with E-state index in [0.29, 0.717) is 0 Å². The number of nitrogens with zero attached hydrogens (tertiary/aromatic N) is 5. The van der Waals surface area contributed by atoms with Crippen LogP contribution in [0.4, 0.5) is 30.7 Å². The van der Waals surface area contributed by atoms with Crippen LogP contribution in [0, 0.1) is 5.82 Å². The normalized spacial score (nSPS) is 23.5. The van der Waals surface area contributed by atoms with Crippen LogP contribution in [-0.4, -0.2) is 67.3 Å². The molecule has 3 atom stereocenters. The Morgan fingerprint density at radius 2 is 1.77 bits per heavy atom. The number of nitrogens with two attached hydrogens (primary N) is 1. The first kappa shape index (κ1) is 32.6. The minimum Gasteiger partial charge on any atom is -0.480 e. The Morgan fingerprint density at radius 3 is 2.34 bits per heavy atom. The Hall–Kier alpha value is -4.29. The predicted molar refractivity (Wildman–Crippen MR) is 140 cm³/mol. The van der Waals surface area contributed by atoms with Crippen LogP contribution in [-0.2, 0) is 24.8 Å². The highest BCUT2D eigenvalue weighted by Crippen LogP contribution is 2.46. The third-order valence-corrected chi connectivity index (χ3v) is 10.1. The summed E-state index contributed by atoms with van der Waals surface area (Å²) in [6, 6.07) is 4.40. The molecule has 1 unspecified atom stereocenters. The summed E-state index contributed by atoms with van der Waals surface area (Å²) in [5.41, 5.74) is 0.523. The van der Waals surface area contributed by atoms with Crippen molar-refractivity contribution in [3.63, 3.8) is 0 Å². The molecule has 0 amide bonds. The Bertz CT molecular complexity index is 1730. The maximum Gasteiger partial charge on any atom is 0.490 e. The van der Waals surface area contributed by atoms with E-state index in [-0.39, 0.29) is 28.6 Å². The first-order valence-corrected chi connectivity index (χ1v) is 13.9. The monoisotopic (exact) mass is 652 g/mol. The topological polar surface area (TPSA) is 155 Å². The molecule has 1 aromatic carbocycles. The zero-order chi connectivity index (χ0) is 32.9. The SMILES string of the molecule is COc1cnc(-c2cc(-c3ccc(F)c([C@@]4(C)N=C(N)C(C)(C)[S@](=O)(=NCC(F)(F)F)C4OC(=O)C(F)(F)F)c3)on2)cn1. The lowest BCUT2D eigenvalue weighted by molar-refractivity contribution is -0.203. The van der Waals surface area contributed by atoms with Gasteiger partial charge in [-0.2, -0.15) is 26.3 Å². The number of alkyl halides is 6. The highest BCUT2D eigenvalue weighted by Gasteiger charge is 2.60. The number of hydrogen-bond acceptors (Lipinski definition) is 11. The van der Waals surface area contributed by atoms with Crippen molar-refractivity contribution in [1.29, 1.82) is 0 Å². The third-order valence-electron chi connectivity index (χ3n) is 6.74. The van der Waals surface area contributed by atoms with Crippen LogP contribution >= 0.6 is 0 Å². The number of hydrogen-bond donors (Lipinski definition) is 1. The number of halogens is 7. The van der Waals surface area contributed by atoms with E-state index in [1.807, 2.05) is 0 Å². The maximum absolute atomic E-state index is 15.5. The smallest absolute Gasteiger partial charge is 0.480 e. The molecule has 2 aromatic heterocycles. The van der Waals surface area contributed by atoms with E-state index in [1.165, 1.54) is 31.6 Å². The van der Waals surface area contributed by atoms with Gasteiger partial charge in [0.15, 0.2) is 5.76 Å². The zero-order valence-corrected chi connectivity index (χ0v) is 24.0. The summed E-state index contributed by atoms with van der Waals surface area (Å²) < 4.78 is 125. The van der Waals surface area contributed by atoms with Gasteiger partial charge in [0.05, 0.1) is 19.5 Å². The standard InChI is InChI=1S/C25H23F7N6O5S/c1-22(2)19(33)37-23(3,21(42-20(39)25(30,31)32)44(22,40)36-11-24(27,28)29)13-7-12(5-6-14(13)26)17-8-15(38-43-17)16-9-35-18(41-4)10-34-16/h5-10,21H,11H2,1-4H3,(H2,33,37)/t21?,23-,44+/m1/s1. The van der Waals surface area contributed by atoms with Crippen LogP contribution in [0.25, 0.3) is 22.7 Å². The molecule has 1 aliphatic rings. The average Bonchev–Trinajstić information content (AvgIpc) is 3.43. The molecule has 3 heterocycles. The molecule has 0 spiro atoms. The van der Waals surface area contributed by atoms with E-state index < -0.39 is 67.5 Å². The molecule has 19 heteroatoms. The van der Waals surface area contributed by atoms with Crippen molar-refractivity contribution in [2.45, 2.75) is 48.8 Å². The van der Waals surface area contributed by atoms with Crippen LogP contribution in [0.3, 0.4) is 0 Å². The van der Waals surface area contributed by atoms with E-state index in [4.69, 9.17) is 15.0 Å². The molecule has 238 valence electrons. The van der Waals surface area contributed by atoms with Gasteiger partial charge < -0.3 is 19.7 Å². The fourth-order valence-corrected chi connectivity index (χ4v) is 6.94. The number of carbonyl (C=O) groups excluding carboxylic acids is 1. The minimum atomic E-state index is -5.68. The lowest BCUT2D eigenvalue weighted by Crippen LogP contribution is -2.61. The van der Waals surface area contributed by atoms with Crippen LogP contribution in [0.15, 0.2) is 50.5 Å². The van der Waals surface area contributed by atoms with Gasteiger partial charge in [0.1, 0.15) is 49.6 Å². The molecular weight excluding hydrogens is 629 g/mol. The summed E-state index contributed by atoms with van der Waals surface area (Å²) in [6.45, 7) is 0.823. The minimum absolute atomic E-state index is 0.0260. The van der Waals surface area contributed by atoms with Gasteiger partial charge in [-0.1, -0.05) is 5.16 Å². The highest BCUT2D eigenvalue weighted by atomic mass is 32.2. The van der Waals surface area contributed by atoms with Crippen molar-refractivity contribution in [3.05, 3.63) is 48.0 Å². The molecule has 2 N–H and O–H groups in total. The Balaban J connectivity index is 1.91. The number of amidine groups is 1. The van der Waals surface area contributed by atoms with Gasteiger partial charge in [-0.3, -0.25) is 4.99 Å². The second-order valence-corrected chi connectivity index (χ2v) is 12.9. The Labute approximate surface area is 244 Å². The quantitative estimate of drug-likeness (QED) is 0.293. The highest BCUT2D eigenvalue weighted by molar-refractivity contribution is 7.96. The zero-order valence-electron chi connectivity index (χ0n) is 23.2. The van der Waals surface area contributed by atoms with Crippen molar-refractivity contribution >= 4 is 21.5 Å². The molecule has 0 aliphatic carbocycles. The van der Waals surface area contributed by atoms with E-state index >= 15 is 4.39 Å². The van der Waals surface area contributed by atoms with Crippen LogP contribution < -0.4 is 10.5 Å². The largest absolute Gasteiger partial charge is 0.490 e. The van der Waals surface area contributed by atoms with Gasteiger partial charge in [0.25, 0.3) is 0 Å². The number of aromatic nitrogens is 3. The lowest BCUT2D eigenvalue weighted by Gasteiger charge is -2.45. The number of rotatable bonds is 6. The Morgan fingerprint density at radius 1 is 1.09 bits per heavy atom. The van der Waals surface area contributed by atoms with Crippen LogP contribution in [0.5, 0.6) is 5.88 Å². The summed E-state index contributed by atoms with van der Waals surface area (Å²) in [5.74, 6) is -4.53. The predicted octanol–water partition coefficient (Wildman–Crippen LogP) is 4.77. The summed E-state index contributed by atoms with van der Waals surface area (Å²) in [6.07, 6.45) is -8.12. The van der Waals surface area contributed by atoms with Crippen LogP contribution in [0.1, 0.15) is 26.3 Å². The van der Waals surface area contributed by atoms with E-state index in [0.717, 1.165) is 32.9 Å². The van der Waals surface area contributed by atoms with Gasteiger partial charge in [-0.25, -0.2) is 27.7 Å². The van der Waals surface area contributed by atoms with Crippen molar-refractivity contribution in [2.24, 2.45) is 15.1 Å². The van der Waals surface area contributed by atoms with Crippen molar-refractivity contribution < 1.29 is 53.7 Å². The first-order chi connectivity index (χ1) is 20.2. The first-order valence-electron chi connectivity index (χ1n) is 12.3. The molecule has 4 rings (SSSR count). The molecule has 0 saturated carbocycles. The fourth-order valence-electron chi connectivity index (χ4n) is 4.25. The summed E-state index contributed by atoms with van der Waals surface area (Å²) in [7, 11) is -3.37. The average molecular weight is 653 g/mol. The number of carbonyl (C=O) groups is 1. The second kappa shape index (κ2) is 11.0. The number of methoxy groups -OCH3 is 1. The van der Waals surface area contributed by atoms with Crippen molar-refractivity contribution in [3.8, 4) is 28.6 Å². The van der Waals surface area contributed by atoms with Crippen molar-refractivity contribution in [2.75, 3.05) is 13.7 Å². The van der Waals surface area contributed by atoms with Gasteiger partial charge in [0, 0.05) is 17.2 Å². The molecule has 0 radical (unpaired) electrons. The summed E-state index contributed by atoms with van der Waals surface area (Å²) in [4.78, 5) is 24.2. The summed E-state index contributed by atoms with van der Waals surface area (Å²) in [5, 5.41) is 3.86. The fraction of sp³-hybridized carbons (Fsp3) is 0.400. The molecule has 44 heavy (non-hydrogen) atoms. The number of aliphatic imine (C=N–C) groups is 1.